The molecular formula is C10H13BrClNO2S3. The topological polar surface area (TPSA) is 37.4 Å². The zero-order chi connectivity index (χ0) is 13.2. The van der Waals surface area contributed by atoms with Gasteiger partial charge in [-0.1, -0.05) is 0 Å². The van der Waals surface area contributed by atoms with E-state index in [1.54, 1.807) is 10.4 Å². The number of alkyl halides is 1. The monoisotopic (exact) mass is 389 g/mol. The Labute approximate surface area is 129 Å². The molecule has 1 aromatic heterocycles. The molecule has 0 unspecified atom stereocenters. The number of thioether (sulfide) groups is 1. The predicted octanol–water partition coefficient (Wildman–Crippen LogP) is 3.38. The number of thiophene rings is 1. The summed E-state index contributed by atoms with van der Waals surface area (Å²) < 4.78 is 27.3. The first-order valence-electron chi connectivity index (χ1n) is 5.48. The van der Waals surface area contributed by atoms with Crippen LogP contribution in [-0.4, -0.2) is 37.3 Å². The summed E-state index contributed by atoms with van der Waals surface area (Å²) in [4.78, 5) is 1.22. The summed E-state index contributed by atoms with van der Waals surface area (Å²) in [6.07, 6.45) is 0.911. The molecule has 0 bridgehead atoms. The lowest BCUT2D eigenvalue weighted by Gasteiger charge is -2.19. The molecule has 0 atom stereocenters. The highest BCUT2D eigenvalue weighted by Crippen LogP contribution is 2.34. The third kappa shape index (κ3) is 3.24. The van der Waals surface area contributed by atoms with Crippen molar-refractivity contribution in [3.63, 3.8) is 0 Å². The summed E-state index contributed by atoms with van der Waals surface area (Å²) in [5.74, 6) is 2.24. The van der Waals surface area contributed by atoms with Gasteiger partial charge in [0.15, 0.2) is 0 Å². The number of nitrogens with zero attached hydrogens (tertiary/aromatic N) is 1. The van der Waals surface area contributed by atoms with Crippen molar-refractivity contribution in [2.75, 3.05) is 24.6 Å². The molecule has 1 fully saturated rings. The van der Waals surface area contributed by atoms with Gasteiger partial charge >= 0.3 is 0 Å². The van der Waals surface area contributed by atoms with Crippen molar-refractivity contribution in [1.29, 1.82) is 0 Å². The first-order chi connectivity index (χ1) is 8.55. The molecule has 18 heavy (non-hydrogen) atoms. The molecule has 1 saturated heterocycles. The van der Waals surface area contributed by atoms with E-state index in [4.69, 9.17) is 11.6 Å². The molecule has 0 saturated carbocycles. The Kier molecular flexibility index (Phi) is 5.42. The van der Waals surface area contributed by atoms with E-state index in [-0.39, 0.29) is 0 Å². The molecular weight excluding hydrogens is 378 g/mol. The van der Waals surface area contributed by atoms with Gasteiger partial charge in [0.1, 0.15) is 4.90 Å². The highest BCUT2D eigenvalue weighted by atomic mass is 79.9. The van der Waals surface area contributed by atoms with Crippen molar-refractivity contribution in [2.24, 2.45) is 0 Å². The van der Waals surface area contributed by atoms with Crippen molar-refractivity contribution >= 4 is 60.7 Å². The van der Waals surface area contributed by atoms with Crippen LogP contribution in [0.2, 0.25) is 0 Å². The fourth-order valence-corrected chi connectivity index (χ4v) is 6.95. The Morgan fingerprint density at radius 1 is 1.39 bits per heavy atom. The lowest BCUT2D eigenvalue weighted by Crippen LogP contribution is -2.32. The van der Waals surface area contributed by atoms with Gasteiger partial charge in [-0.3, -0.25) is 0 Å². The quantitative estimate of drug-likeness (QED) is 0.743. The molecule has 8 heteroatoms. The molecule has 0 radical (unpaired) electrons. The predicted molar refractivity (Wildman–Crippen MR) is 82.3 cm³/mol. The Morgan fingerprint density at radius 2 is 2.17 bits per heavy atom. The van der Waals surface area contributed by atoms with Crippen LogP contribution in [0, 0.1) is 0 Å². The Balaban J connectivity index is 2.31. The summed E-state index contributed by atoms with van der Waals surface area (Å²) >= 11 is 12.3. The molecule has 102 valence electrons. The van der Waals surface area contributed by atoms with E-state index in [0.29, 0.717) is 27.7 Å². The highest BCUT2D eigenvalue weighted by Gasteiger charge is 2.28. The van der Waals surface area contributed by atoms with Gasteiger partial charge < -0.3 is 0 Å². The van der Waals surface area contributed by atoms with Crippen LogP contribution in [0.1, 0.15) is 11.3 Å². The number of rotatable bonds is 3. The van der Waals surface area contributed by atoms with Crippen LogP contribution in [-0.2, 0) is 15.9 Å². The molecule has 1 aromatic rings. The Bertz CT molecular complexity index is 509. The van der Waals surface area contributed by atoms with Gasteiger partial charge in [-0.25, -0.2) is 8.42 Å². The number of sulfonamides is 1. The van der Waals surface area contributed by atoms with Crippen LogP contribution < -0.4 is 0 Å². The van der Waals surface area contributed by atoms with Crippen molar-refractivity contribution in [2.45, 2.75) is 17.2 Å². The van der Waals surface area contributed by atoms with Crippen LogP contribution in [0.25, 0.3) is 0 Å². The first kappa shape index (κ1) is 15.1. The van der Waals surface area contributed by atoms with E-state index >= 15 is 0 Å². The second kappa shape index (κ2) is 6.45. The third-order valence-electron chi connectivity index (χ3n) is 2.64. The van der Waals surface area contributed by atoms with Gasteiger partial charge in [0.05, 0.1) is 9.67 Å². The lowest BCUT2D eigenvalue weighted by molar-refractivity contribution is 0.435. The van der Waals surface area contributed by atoms with Crippen LogP contribution in [0.5, 0.6) is 0 Å². The number of hydrogen-bond donors (Lipinski definition) is 0. The SMILES string of the molecule is O=S(=O)(c1cc(CCl)sc1Br)N1CCCSCC1. The average molecular weight is 391 g/mol. The molecule has 2 heterocycles. The normalized spacial score (nSPS) is 18.8. The van der Waals surface area contributed by atoms with Crippen LogP contribution >= 0.6 is 50.6 Å². The van der Waals surface area contributed by atoms with E-state index in [9.17, 15) is 8.42 Å². The molecule has 0 aliphatic carbocycles. The smallest absolute Gasteiger partial charge is 0.207 e. The first-order valence-corrected chi connectivity index (χ1v) is 10.2. The average Bonchev–Trinajstić information content (AvgIpc) is 2.55. The second-order valence-electron chi connectivity index (χ2n) is 3.85. The molecule has 0 spiro atoms. The fourth-order valence-electron chi connectivity index (χ4n) is 1.74. The molecule has 2 rings (SSSR count). The van der Waals surface area contributed by atoms with E-state index in [1.165, 1.54) is 11.3 Å². The van der Waals surface area contributed by atoms with Crippen LogP contribution in [0.15, 0.2) is 14.7 Å². The molecule has 0 aromatic carbocycles. The fraction of sp³-hybridized carbons (Fsp3) is 0.600. The molecule has 3 nitrogen and oxygen atoms in total. The minimum atomic E-state index is -3.38. The van der Waals surface area contributed by atoms with Crippen LogP contribution in [0.3, 0.4) is 0 Å². The van der Waals surface area contributed by atoms with Gasteiger partial charge in [0.25, 0.3) is 0 Å². The minimum Gasteiger partial charge on any atom is -0.207 e. The zero-order valence-electron chi connectivity index (χ0n) is 9.56. The van der Waals surface area contributed by atoms with Crippen molar-refractivity contribution in [3.05, 3.63) is 14.7 Å². The van der Waals surface area contributed by atoms with E-state index < -0.39 is 10.0 Å². The lowest BCUT2D eigenvalue weighted by atomic mass is 10.5. The van der Waals surface area contributed by atoms with E-state index in [1.807, 2.05) is 11.8 Å². The molecule has 0 amide bonds. The standard InChI is InChI=1S/C10H13BrClNO2S3/c11-10-9(6-8(7-12)17-10)18(14,15)13-2-1-4-16-5-3-13/h6H,1-5,7H2. The maximum Gasteiger partial charge on any atom is 0.245 e. The van der Waals surface area contributed by atoms with E-state index in [0.717, 1.165) is 22.8 Å². The van der Waals surface area contributed by atoms with Gasteiger partial charge in [0.2, 0.25) is 10.0 Å². The molecule has 0 N–H and O–H groups in total. The summed E-state index contributed by atoms with van der Waals surface area (Å²) in [5.41, 5.74) is 0. The minimum absolute atomic E-state index is 0.342. The Morgan fingerprint density at radius 3 is 2.83 bits per heavy atom. The highest BCUT2D eigenvalue weighted by molar-refractivity contribution is 9.11. The van der Waals surface area contributed by atoms with Gasteiger partial charge in [0, 0.05) is 23.7 Å². The summed E-state index contributed by atoms with van der Waals surface area (Å²) in [6, 6.07) is 1.68. The van der Waals surface area contributed by atoms with Crippen LogP contribution in [0.4, 0.5) is 0 Å². The summed E-state index contributed by atoms with van der Waals surface area (Å²) in [7, 11) is -3.38. The summed E-state index contributed by atoms with van der Waals surface area (Å²) in [5, 5.41) is 0. The summed E-state index contributed by atoms with van der Waals surface area (Å²) in [6.45, 7) is 1.19. The maximum absolute atomic E-state index is 12.5. The molecule has 1 aliphatic rings. The van der Waals surface area contributed by atoms with Crippen molar-refractivity contribution in [3.8, 4) is 0 Å². The largest absolute Gasteiger partial charge is 0.245 e. The van der Waals surface area contributed by atoms with Gasteiger partial charge in [-0.05, 0) is 34.2 Å². The third-order valence-corrected chi connectivity index (χ3v) is 8.28. The maximum atomic E-state index is 12.5. The van der Waals surface area contributed by atoms with Crippen molar-refractivity contribution in [1.82, 2.24) is 4.31 Å². The van der Waals surface area contributed by atoms with Gasteiger partial charge in [-0.2, -0.15) is 16.1 Å². The zero-order valence-corrected chi connectivity index (χ0v) is 14.4. The van der Waals surface area contributed by atoms with Gasteiger partial charge in [-0.15, -0.1) is 22.9 Å². The molecule has 1 aliphatic heterocycles. The number of halogens is 2. The number of hydrogen-bond acceptors (Lipinski definition) is 4. The Hall–Kier alpha value is 0.730. The second-order valence-corrected chi connectivity index (χ2v) is 9.71. The van der Waals surface area contributed by atoms with Crippen molar-refractivity contribution < 1.29 is 8.42 Å². The van der Waals surface area contributed by atoms with E-state index in [2.05, 4.69) is 15.9 Å².